The minimum absolute atomic E-state index is 0.0163. The summed E-state index contributed by atoms with van der Waals surface area (Å²) in [6.45, 7) is 3.12. The number of hydrogen-bond acceptors (Lipinski definition) is 9. The Hall–Kier alpha value is -4.81. The first-order valence-electron chi connectivity index (χ1n) is 16.1. The molecule has 5 aromatic rings. The SMILES string of the molecule is COC(=O)CNCc1c(C)nc2cc(-c3cccc(-c4cccc(-c5ccc(CNC[C@@H]6CCC(=O)N6)c(OC)n5)c4Cl)c3Cl)ccn2c1=O. The molecule has 4 heterocycles. The molecule has 3 aromatic heterocycles. The summed E-state index contributed by atoms with van der Waals surface area (Å²) in [5.74, 6) is 0.151. The van der Waals surface area contributed by atoms with Crippen LogP contribution in [0.4, 0.5) is 0 Å². The fourth-order valence-electron chi connectivity index (χ4n) is 6.06. The van der Waals surface area contributed by atoms with E-state index in [1.165, 1.54) is 11.5 Å². The average Bonchev–Trinajstić information content (AvgIpc) is 3.54. The van der Waals surface area contributed by atoms with Crippen molar-refractivity contribution in [2.24, 2.45) is 0 Å². The van der Waals surface area contributed by atoms with Gasteiger partial charge in [-0.1, -0.05) is 65.7 Å². The molecule has 0 spiro atoms. The first-order valence-corrected chi connectivity index (χ1v) is 16.9. The number of aryl methyl sites for hydroxylation is 1. The second kappa shape index (κ2) is 15.4. The lowest BCUT2D eigenvalue weighted by Crippen LogP contribution is -2.35. The van der Waals surface area contributed by atoms with Crippen molar-refractivity contribution in [3.05, 3.63) is 104 Å². The smallest absolute Gasteiger partial charge is 0.319 e. The molecule has 1 atom stereocenters. The van der Waals surface area contributed by atoms with E-state index in [9.17, 15) is 14.4 Å². The highest BCUT2D eigenvalue weighted by atomic mass is 35.5. The number of fused-ring (bicyclic) bond motifs is 1. The zero-order valence-electron chi connectivity index (χ0n) is 27.8. The molecule has 1 saturated heterocycles. The molecular formula is C37H36Cl2N6O5. The van der Waals surface area contributed by atoms with E-state index in [2.05, 4.69) is 25.7 Å². The minimum atomic E-state index is -0.420. The maximum atomic E-state index is 13.3. The first-order chi connectivity index (χ1) is 24.2. The number of nitrogens with one attached hydrogen (secondary N) is 3. The van der Waals surface area contributed by atoms with Crippen LogP contribution in [-0.2, 0) is 27.4 Å². The molecule has 2 aromatic carbocycles. The van der Waals surface area contributed by atoms with Crippen molar-refractivity contribution in [3.8, 4) is 39.4 Å². The summed E-state index contributed by atoms with van der Waals surface area (Å²) >= 11 is 14.2. The van der Waals surface area contributed by atoms with Crippen LogP contribution in [-0.4, -0.2) is 59.6 Å². The summed E-state index contributed by atoms with van der Waals surface area (Å²) in [6.07, 6.45) is 3.06. The molecule has 3 N–H and O–H groups in total. The van der Waals surface area contributed by atoms with Crippen LogP contribution in [0, 0.1) is 6.92 Å². The highest BCUT2D eigenvalue weighted by molar-refractivity contribution is 6.39. The number of benzene rings is 2. The molecule has 0 bridgehead atoms. The van der Waals surface area contributed by atoms with Crippen LogP contribution < -0.4 is 26.2 Å². The predicted octanol–water partition coefficient (Wildman–Crippen LogP) is 5.35. The number of carbonyl (C=O) groups is 2. The summed E-state index contributed by atoms with van der Waals surface area (Å²) in [7, 11) is 2.89. The fraction of sp³-hybridized carbons (Fsp3) is 0.270. The normalized spacial score (nSPS) is 14.2. The van der Waals surface area contributed by atoms with Gasteiger partial charge < -0.3 is 25.4 Å². The molecule has 0 unspecified atom stereocenters. The summed E-state index contributed by atoms with van der Waals surface area (Å²) in [5, 5.41) is 10.3. The number of rotatable bonds is 12. The number of methoxy groups -OCH3 is 2. The second-order valence-electron chi connectivity index (χ2n) is 11.9. The van der Waals surface area contributed by atoms with E-state index in [1.807, 2.05) is 60.7 Å². The predicted molar refractivity (Wildman–Crippen MR) is 193 cm³/mol. The lowest BCUT2D eigenvalue weighted by Gasteiger charge is -2.16. The van der Waals surface area contributed by atoms with Gasteiger partial charge in [0.05, 0.1) is 42.1 Å². The third kappa shape index (κ3) is 7.36. The molecule has 50 heavy (non-hydrogen) atoms. The monoisotopic (exact) mass is 714 g/mol. The van der Waals surface area contributed by atoms with Crippen LogP contribution in [0.25, 0.3) is 39.2 Å². The number of aromatic nitrogens is 3. The third-order valence-corrected chi connectivity index (χ3v) is 9.54. The van der Waals surface area contributed by atoms with Gasteiger partial charge >= 0.3 is 5.97 Å². The molecule has 0 aliphatic carbocycles. The zero-order valence-corrected chi connectivity index (χ0v) is 29.3. The molecule has 1 fully saturated rings. The maximum absolute atomic E-state index is 13.3. The Morgan fingerprint density at radius 1 is 0.940 bits per heavy atom. The summed E-state index contributed by atoms with van der Waals surface area (Å²) in [6, 6.07) is 19.1. The van der Waals surface area contributed by atoms with Crippen LogP contribution in [0.3, 0.4) is 0 Å². The van der Waals surface area contributed by atoms with Crippen LogP contribution in [0.2, 0.25) is 10.0 Å². The molecule has 0 saturated carbocycles. The van der Waals surface area contributed by atoms with E-state index in [0.717, 1.165) is 39.8 Å². The standard InChI is InChI=1S/C37H36Cl2N6O5/c1-21-29(19-41-20-33(47)49-2)37(48)45-15-14-22(16-31(45)42-21)25-6-4-7-26(34(25)38)27-8-5-9-28(35(27)39)30-12-10-23(36(44-30)50-3)17-40-18-24-11-13-32(46)43-24/h4-10,12,14-16,24,40-41H,11,13,17-20H2,1-3H3,(H,43,46)/t24-/m0/s1. The second-order valence-corrected chi connectivity index (χ2v) is 12.7. The Bertz CT molecular complexity index is 2150. The molecule has 258 valence electrons. The zero-order chi connectivity index (χ0) is 35.4. The third-order valence-electron chi connectivity index (χ3n) is 8.73. The number of nitrogens with zero attached hydrogens (tertiary/aromatic N) is 3. The molecule has 0 radical (unpaired) electrons. The van der Waals surface area contributed by atoms with Gasteiger partial charge in [0.2, 0.25) is 11.8 Å². The Labute approximate surface area is 299 Å². The van der Waals surface area contributed by atoms with Gasteiger partial charge in [0, 0.05) is 71.8 Å². The minimum Gasteiger partial charge on any atom is -0.481 e. The van der Waals surface area contributed by atoms with Crippen molar-refractivity contribution >= 4 is 40.7 Å². The number of amides is 1. The van der Waals surface area contributed by atoms with Gasteiger partial charge in [0.25, 0.3) is 5.56 Å². The molecule has 1 aliphatic heterocycles. The van der Waals surface area contributed by atoms with Gasteiger partial charge in [-0.15, -0.1) is 0 Å². The molecule has 1 amide bonds. The van der Waals surface area contributed by atoms with Crippen molar-refractivity contribution in [2.45, 2.75) is 38.9 Å². The van der Waals surface area contributed by atoms with Crippen LogP contribution in [0.5, 0.6) is 5.88 Å². The van der Waals surface area contributed by atoms with E-state index >= 15 is 0 Å². The van der Waals surface area contributed by atoms with Crippen molar-refractivity contribution in [3.63, 3.8) is 0 Å². The molecular weight excluding hydrogens is 679 g/mol. The molecule has 13 heteroatoms. The topological polar surface area (TPSA) is 136 Å². The average molecular weight is 716 g/mol. The highest BCUT2D eigenvalue weighted by Crippen LogP contribution is 2.42. The van der Waals surface area contributed by atoms with Crippen molar-refractivity contribution < 1.29 is 19.1 Å². The Balaban J connectivity index is 1.26. The summed E-state index contributed by atoms with van der Waals surface area (Å²) < 4.78 is 11.8. The Morgan fingerprint density at radius 2 is 1.66 bits per heavy atom. The van der Waals surface area contributed by atoms with E-state index in [1.54, 1.807) is 20.2 Å². The van der Waals surface area contributed by atoms with Gasteiger partial charge in [-0.05, 0) is 37.1 Å². The Kier molecular flexibility index (Phi) is 10.8. The molecule has 1 aliphatic rings. The van der Waals surface area contributed by atoms with Crippen LogP contribution in [0.1, 0.15) is 29.7 Å². The van der Waals surface area contributed by atoms with Gasteiger partial charge in [-0.3, -0.25) is 18.8 Å². The quantitative estimate of drug-likeness (QED) is 0.146. The lowest BCUT2D eigenvalue weighted by atomic mass is 9.97. The largest absolute Gasteiger partial charge is 0.481 e. The summed E-state index contributed by atoms with van der Waals surface area (Å²) in [5.41, 5.74) is 6.50. The number of hydrogen-bond donors (Lipinski definition) is 3. The van der Waals surface area contributed by atoms with Gasteiger partial charge in [0.15, 0.2) is 0 Å². The highest BCUT2D eigenvalue weighted by Gasteiger charge is 2.21. The van der Waals surface area contributed by atoms with E-state index < -0.39 is 5.97 Å². The number of halogens is 2. The number of pyridine rings is 2. The van der Waals surface area contributed by atoms with E-state index in [4.69, 9.17) is 32.9 Å². The number of carbonyl (C=O) groups excluding carboxylic acids is 2. The lowest BCUT2D eigenvalue weighted by molar-refractivity contribution is -0.139. The van der Waals surface area contributed by atoms with Crippen molar-refractivity contribution in [2.75, 3.05) is 27.3 Å². The summed E-state index contributed by atoms with van der Waals surface area (Å²) in [4.78, 5) is 45.7. The first kappa shape index (κ1) is 35.0. The van der Waals surface area contributed by atoms with Gasteiger partial charge in [-0.25, -0.2) is 9.97 Å². The van der Waals surface area contributed by atoms with Crippen molar-refractivity contribution in [1.82, 2.24) is 30.3 Å². The maximum Gasteiger partial charge on any atom is 0.319 e. The van der Waals surface area contributed by atoms with Crippen LogP contribution >= 0.6 is 23.2 Å². The number of ether oxygens (including phenoxy) is 2. The van der Waals surface area contributed by atoms with Crippen LogP contribution in [0.15, 0.2) is 71.7 Å². The molecule has 6 rings (SSSR count). The molecule has 11 nitrogen and oxygen atoms in total. The van der Waals surface area contributed by atoms with Crippen molar-refractivity contribution in [1.29, 1.82) is 0 Å². The van der Waals surface area contributed by atoms with E-state index in [-0.39, 0.29) is 30.6 Å². The number of esters is 1. The Morgan fingerprint density at radius 3 is 2.36 bits per heavy atom. The van der Waals surface area contributed by atoms with Gasteiger partial charge in [-0.2, -0.15) is 0 Å². The fourth-order valence-corrected chi connectivity index (χ4v) is 6.72. The van der Waals surface area contributed by atoms with Gasteiger partial charge in [0.1, 0.15) is 5.65 Å². The van der Waals surface area contributed by atoms with E-state index in [0.29, 0.717) is 58.0 Å².